The van der Waals surface area contributed by atoms with E-state index in [9.17, 15) is 9.59 Å². The zero-order valence-electron chi connectivity index (χ0n) is 15.2. The van der Waals surface area contributed by atoms with E-state index in [2.05, 4.69) is 4.98 Å². The maximum Gasteiger partial charge on any atom is 0.252 e. The molecule has 2 aromatic rings. The molecule has 2 aliphatic heterocycles. The summed E-state index contributed by atoms with van der Waals surface area (Å²) in [6, 6.07) is 13.4. The normalized spacial score (nSPS) is 22.9. The monoisotopic (exact) mass is 365 g/mol. The van der Waals surface area contributed by atoms with Gasteiger partial charge in [0, 0.05) is 43.1 Å². The number of benzene rings is 1. The first kappa shape index (κ1) is 17.7. The number of amides is 2. The minimum atomic E-state index is -0.216. The Balaban J connectivity index is 1.48. The van der Waals surface area contributed by atoms with Crippen LogP contribution in [-0.2, 0) is 20.7 Å². The molecule has 140 valence electrons. The van der Waals surface area contributed by atoms with E-state index in [-0.39, 0.29) is 23.8 Å². The molecule has 6 heteroatoms. The third-order valence-corrected chi connectivity index (χ3v) is 5.37. The number of carbonyl (C=O) groups excluding carboxylic acids is 2. The van der Waals surface area contributed by atoms with Crippen LogP contribution in [0.2, 0.25) is 0 Å². The number of hydrogen-bond donors (Lipinski definition) is 0. The van der Waals surface area contributed by atoms with E-state index < -0.39 is 0 Å². The van der Waals surface area contributed by atoms with Crippen LogP contribution in [0, 0.1) is 5.41 Å². The lowest BCUT2D eigenvalue weighted by molar-refractivity contribution is -0.130. The van der Waals surface area contributed by atoms with Gasteiger partial charge in [-0.15, -0.1) is 0 Å². The zero-order chi connectivity index (χ0) is 18.7. The summed E-state index contributed by atoms with van der Waals surface area (Å²) < 4.78 is 5.70. The fourth-order valence-corrected chi connectivity index (χ4v) is 3.93. The Kier molecular flexibility index (Phi) is 4.90. The molecule has 0 saturated carbocycles. The molecular weight excluding hydrogens is 342 g/mol. The Hall–Kier alpha value is -2.73. The molecule has 1 aromatic carbocycles. The van der Waals surface area contributed by atoms with Gasteiger partial charge < -0.3 is 14.5 Å². The van der Waals surface area contributed by atoms with Crippen molar-refractivity contribution in [2.24, 2.45) is 5.41 Å². The molecule has 27 heavy (non-hydrogen) atoms. The number of aromatic nitrogens is 1. The molecule has 1 atom stereocenters. The molecule has 1 aromatic heterocycles. The molecule has 0 aliphatic carbocycles. The summed E-state index contributed by atoms with van der Waals surface area (Å²) in [5.74, 6) is 0.0694. The SMILES string of the molecule is O=C(Cc1cccnc1)N1CCC2(COCC(=O)N(c3ccccc3)C2)C1. The standard InChI is InChI=1S/C21H23N3O3/c25-19(11-17-5-4-9-22-12-17)23-10-8-21(14-23)15-24(20(26)13-27-16-21)18-6-2-1-3-7-18/h1-7,9,12H,8,10-11,13-16H2. The highest BCUT2D eigenvalue weighted by atomic mass is 16.5. The summed E-state index contributed by atoms with van der Waals surface area (Å²) in [4.78, 5) is 33.0. The molecular formula is C21H23N3O3. The number of nitrogens with zero attached hydrogens (tertiary/aromatic N) is 3. The Morgan fingerprint density at radius 2 is 2.00 bits per heavy atom. The molecule has 1 unspecified atom stereocenters. The third-order valence-electron chi connectivity index (χ3n) is 5.37. The van der Waals surface area contributed by atoms with Crippen LogP contribution < -0.4 is 4.90 Å². The summed E-state index contributed by atoms with van der Waals surface area (Å²) in [5.41, 5.74) is 1.58. The predicted molar refractivity (Wildman–Crippen MR) is 101 cm³/mol. The summed E-state index contributed by atoms with van der Waals surface area (Å²) in [6.07, 6.45) is 4.62. The summed E-state index contributed by atoms with van der Waals surface area (Å²) >= 11 is 0. The predicted octanol–water partition coefficient (Wildman–Crippen LogP) is 1.91. The molecule has 0 bridgehead atoms. The van der Waals surface area contributed by atoms with Crippen LogP contribution in [0.5, 0.6) is 0 Å². The van der Waals surface area contributed by atoms with Gasteiger partial charge in [-0.2, -0.15) is 0 Å². The smallest absolute Gasteiger partial charge is 0.252 e. The molecule has 3 heterocycles. The number of para-hydroxylation sites is 1. The van der Waals surface area contributed by atoms with Crippen molar-refractivity contribution in [2.45, 2.75) is 12.8 Å². The average Bonchev–Trinajstić information content (AvgIpc) is 3.04. The first-order valence-electron chi connectivity index (χ1n) is 9.25. The summed E-state index contributed by atoms with van der Waals surface area (Å²) in [6.45, 7) is 2.47. The highest BCUT2D eigenvalue weighted by molar-refractivity contribution is 5.94. The van der Waals surface area contributed by atoms with E-state index in [1.54, 1.807) is 12.4 Å². The number of carbonyl (C=O) groups is 2. The molecule has 6 nitrogen and oxygen atoms in total. The van der Waals surface area contributed by atoms with Gasteiger partial charge in [-0.25, -0.2) is 0 Å². The first-order valence-corrected chi connectivity index (χ1v) is 9.25. The highest BCUT2D eigenvalue weighted by Gasteiger charge is 2.44. The van der Waals surface area contributed by atoms with Gasteiger partial charge in [-0.1, -0.05) is 24.3 Å². The van der Waals surface area contributed by atoms with Crippen molar-refractivity contribution in [2.75, 3.05) is 37.7 Å². The van der Waals surface area contributed by atoms with E-state index in [1.165, 1.54) is 0 Å². The molecule has 1 spiro atoms. The van der Waals surface area contributed by atoms with Gasteiger partial charge in [0.25, 0.3) is 5.91 Å². The Labute approximate surface area is 158 Å². The van der Waals surface area contributed by atoms with Crippen molar-refractivity contribution >= 4 is 17.5 Å². The van der Waals surface area contributed by atoms with Gasteiger partial charge in [-0.3, -0.25) is 14.6 Å². The highest BCUT2D eigenvalue weighted by Crippen LogP contribution is 2.35. The van der Waals surface area contributed by atoms with Crippen molar-refractivity contribution < 1.29 is 14.3 Å². The first-order chi connectivity index (χ1) is 13.2. The van der Waals surface area contributed by atoms with Gasteiger partial charge >= 0.3 is 0 Å². The minimum absolute atomic E-state index is 0.0294. The van der Waals surface area contributed by atoms with E-state index in [0.29, 0.717) is 32.7 Å². The van der Waals surface area contributed by atoms with Crippen LogP contribution in [0.3, 0.4) is 0 Å². The summed E-state index contributed by atoms with van der Waals surface area (Å²) in [7, 11) is 0. The second kappa shape index (κ2) is 7.48. The topological polar surface area (TPSA) is 62.7 Å². The van der Waals surface area contributed by atoms with E-state index in [4.69, 9.17) is 4.74 Å². The lowest BCUT2D eigenvalue weighted by atomic mass is 9.87. The molecule has 2 saturated heterocycles. The maximum absolute atomic E-state index is 12.7. The average molecular weight is 365 g/mol. The quantitative estimate of drug-likeness (QED) is 0.834. The second-order valence-electron chi connectivity index (χ2n) is 7.41. The third kappa shape index (κ3) is 3.85. The van der Waals surface area contributed by atoms with Gasteiger partial charge in [0.05, 0.1) is 13.0 Å². The second-order valence-corrected chi connectivity index (χ2v) is 7.41. The number of anilines is 1. The van der Waals surface area contributed by atoms with Crippen molar-refractivity contribution in [3.63, 3.8) is 0 Å². The van der Waals surface area contributed by atoms with E-state index >= 15 is 0 Å². The Morgan fingerprint density at radius 3 is 2.78 bits per heavy atom. The van der Waals surface area contributed by atoms with Crippen LogP contribution in [0.4, 0.5) is 5.69 Å². The van der Waals surface area contributed by atoms with Crippen LogP contribution in [0.1, 0.15) is 12.0 Å². The number of pyridine rings is 1. The Morgan fingerprint density at radius 1 is 1.15 bits per heavy atom. The van der Waals surface area contributed by atoms with E-state index in [0.717, 1.165) is 17.7 Å². The Bertz CT molecular complexity index is 812. The maximum atomic E-state index is 12.7. The van der Waals surface area contributed by atoms with Gasteiger partial charge in [0.1, 0.15) is 6.61 Å². The van der Waals surface area contributed by atoms with Crippen LogP contribution in [0.15, 0.2) is 54.9 Å². The zero-order valence-corrected chi connectivity index (χ0v) is 15.2. The van der Waals surface area contributed by atoms with Crippen molar-refractivity contribution in [3.8, 4) is 0 Å². The number of rotatable bonds is 3. The number of likely N-dealkylation sites (tertiary alicyclic amines) is 1. The number of ether oxygens (including phenoxy) is 1. The van der Waals surface area contributed by atoms with Gasteiger partial charge in [0.2, 0.25) is 5.91 Å². The van der Waals surface area contributed by atoms with Crippen LogP contribution >= 0.6 is 0 Å². The van der Waals surface area contributed by atoms with Gasteiger partial charge in [-0.05, 0) is 30.2 Å². The molecule has 2 aliphatic rings. The van der Waals surface area contributed by atoms with E-state index in [1.807, 2.05) is 52.3 Å². The fraction of sp³-hybridized carbons (Fsp3) is 0.381. The summed E-state index contributed by atoms with van der Waals surface area (Å²) in [5, 5.41) is 0. The molecule has 2 fully saturated rings. The fourth-order valence-electron chi connectivity index (χ4n) is 3.93. The van der Waals surface area contributed by atoms with Crippen LogP contribution in [0.25, 0.3) is 0 Å². The lowest BCUT2D eigenvalue weighted by Crippen LogP contribution is -2.43. The van der Waals surface area contributed by atoms with Crippen molar-refractivity contribution in [3.05, 3.63) is 60.4 Å². The molecule has 0 radical (unpaired) electrons. The number of hydrogen-bond acceptors (Lipinski definition) is 4. The van der Waals surface area contributed by atoms with Gasteiger partial charge in [0.15, 0.2) is 0 Å². The van der Waals surface area contributed by atoms with Crippen molar-refractivity contribution in [1.82, 2.24) is 9.88 Å². The molecule has 0 N–H and O–H groups in total. The van der Waals surface area contributed by atoms with Crippen molar-refractivity contribution in [1.29, 1.82) is 0 Å². The van der Waals surface area contributed by atoms with Crippen LogP contribution in [-0.4, -0.2) is 54.5 Å². The molecule has 4 rings (SSSR count). The minimum Gasteiger partial charge on any atom is -0.371 e. The molecule has 2 amide bonds. The largest absolute Gasteiger partial charge is 0.371 e. The lowest BCUT2D eigenvalue weighted by Gasteiger charge is -2.32.